The van der Waals surface area contributed by atoms with Crippen LogP contribution in [0.25, 0.3) is 0 Å². The van der Waals surface area contributed by atoms with E-state index in [9.17, 15) is 4.39 Å². The Kier molecular flexibility index (Phi) is 4.19. The normalized spacial score (nSPS) is 34.0. The van der Waals surface area contributed by atoms with Crippen molar-refractivity contribution in [3.05, 3.63) is 35.6 Å². The summed E-state index contributed by atoms with van der Waals surface area (Å²) in [6, 6.07) is 7.45. The second kappa shape index (κ2) is 5.31. The third kappa shape index (κ3) is 2.27. The highest BCUT2D eigenvalue weighted by Crippen LogP contribution is 2.65. The van der Waals surface area contributed by atoms with E-state index in [0.29, 0.717) is 16.9 Å². The highest BCUT2D eigenvalue weighted by atomic mass is 35.5. The zero-order valence-corrected chi connectivity index (χ0v) is 13.4. The molecule has 1 nitrogen and oxygen atoms in total. The average Bonchev–Trinajstić information content (AvgIpc) is 2.71. The molecule has 0 aromatic heterocycles. The molecule has 2 aliphatic rings. The number of halogens is 2. The van der Waals surface area contributed by atoms with Gasteiger partial charge in [-0.05, 0) is 53.7 Å². The molecule has 0 heterocycles. The number of fused-ring (bicyclic) bond motifs is 2. The first kappa shape index (κ1) is 15.8. The molecule has 112 valence electrons. The SMILES string of the molecule is CC1(C)C2CCC1(C)C(NCc1ccc(F)cc1)C2.Cl. The van der Waals surface area contributed by atoms with E-state index in [1.165, 1.54) is 24.8 Å². The molecule has 3 unspecified atom stereocenters. The Balaban J connectivity index is 0.00000147. The smallest absolute Gasteiger partial charge is 0.123 e. The standard InChI is InChI=1S/C17H24FN.ClH/c1-16(2)13-8-9-17(16,3)15(10-13)19-11-12-4-6-14(18)7-5-12;/h4-7,13,15,19H,8-11H2,1-3H3;1H. The van der Waals surface area contributed by atoms with E-state index in [0.717, 1.165) is 12.5 Å². The van der Waals surface area contributed by atoms with Crippen LogP contribution in [-0.2, 0) is 6.54 Å². The van der Waals surface area contributed by atoms with Crippen molar-refractivity contribution in [2.75, 3.05) is 0 Å². The van der Waals surface area contributed by atoms with Gasteiger partial charge in [-0.3, -0.25) is 0 Å². The Bertz CT molecular complexity index is 470. The Morgan fingerprint density at radius 3 is 2.35 bits per heavy atom. The van der Waals surface area contributed by atoms with E-state index < -0.39 is 0 Å². The summed E-state index contributed by atoms with van der Waals surface area (Å²) in [5, 5.41) is 3.72. The van der Waals surface area contributed by atoms with Gasteiger partial charge < -0.3 is 5.32 Å². The summed E-state index contributed by atoms with van der Waals surface area (Å²) in [6.45, 7) is 8.17. The molecule has 20 heavy (non-hydrogen) atoms. The summed E-state index contributed by atoms with van der Waals surface area (Å²) < 4.78 is 12.9. The summed E-state index contributed by atoms with van der Waals surface area (Å²) in [5.41, 5.74) is 2.04. The minimum absolute atomic E-state index is 0. The molecular formula is C17H25ClFN. The number of benzene rings is 1. The maximum atomic E-state index is 12.9. The Labute approximate surface area is 127 Å². The molecular weight excluding hydrogens is 273 g/mol. The third-order valence-electron chi connectivity index (χ3n) is 6.26. The van der Waals surface area contributed by atoms with Gasteiger partial charge in [0.25, 0.3) is 0 Å². The van der Waals surface area contributed by atoms with Gasteiger partial charge in [0.1, 0.15) is 5.82 Å². The number of rotatable bonds is 3. The lowest BCUT2D eigenvalue weighted by atomic mass is 9.69. The molecule has 3 rings (SSSR count). The minimum Gasteiger partial charge on any atom is -0.309 e. The molecule has 2 bridgehead atoms. The van der Waals surface area contributed by atoms with Crippen LogP contribution in [0, 0.1) is 22.6 Å². The van der Waals surface area contributed by atoms with Gasteiger partial charge in [-0.2, -0.15) is 0 Å². The molecule has 1 aromatic carbocycles. The van der Waals surface area contributed by atoms with E-state index in [1.807, 2.05) is 12.1 Å². The molecule has 2 fully saturated rings. The van der Waals surface area contributed by atoms with Crippen LogP contribution in [0.15, 0.2) is 24.3 Å². The third-order valence-corrected chi connectivity index (χ3v) is 6.26. The van der Waals surface area contributed by atoms with Gasteiger partial charge in [0.05, 0.1) is 0 Å². The van der Waals surface area contributed by atoms with Gasteiger partial charge in [-0.25, -0.2) is 4.39 Å². The fraction of sp³-hybridized carbons (Fsp3) is 0.647. The lowest BCUT2D eigenvalue weighted by Gasteiger charge is -2.39. The largest absolute Gasteiger partial charge is 0.309 e. The maximum Gasteiger partial charge on any atom is 0.123 e. The highest BCUT2D eigenvalue weighted by Gasteiger charge is 2.60. The molecule has 0 radical (unpaired) electrons. The quantitative estimate of drug-likeness (QED) is 0.863. The average molecular weight is 298 g/mol. The summed E-state index contributed by atoms with van der Waals surface area (Å²) in [5.74, 6) is 0.708. The predicted molar refractivity (Wildman–Crippen MR) is 83.5 cm³/mol. The van der Waals surface area contributed by atoms with Crippen molar-refractivity contribution in [2.24, 2.45) is 16.7 Å². The van der Waals surface area contributed by atoms with Gasteiger partial charge in [0.15, 0.2) is 0 Å². The van der Waals surface area contributed by atoms with Gasteiger partial charge in [0, 0.05) is 12.6 Å². The topological polar surface area (TPSA) is 12.0 Å². The second-order valence-electron chi connectivity index (χ2n) is 7.17. The van der Waals surface area contributed by atoms with E-state index in [-0.39, 0.29) is 18.2 Å². The van der Waals surface area contributed by atoms with Crippen LogP contribution in [0.3, 0.4) is 0 Å². The minimum atomic E-state index is -0.156. The van der Waals surface area contributed by atoms with Crippen molar-refractivity contribution in [3.63, 3.8) is 0 Å². The first-order valence-electron chi connectivity index (χ1n) is 7.41. The Morgan fingerprint density at radius 2 is 1.85 bits per heavy atom. The molecule has 0 amide bonds. The lowest BCUT2D eigenvalue weighted by Crippen LogP contribution is -2.44. The molecule has 0 saturated heterocycles. The van der Waals surface area contributed by atoms with Gasteiger partial charge in [-0.15, -0.1) is 12.4 Å². The fourth-order valence-electron chi connectivity index (χ4n) is 4.36. The second-order valence-corrected chi connectivity index (χ2v) is 7.17. The van der Waals surface area contributed by atoms with Crippen LogP contribution < -0.4 is 5.32 Å². The molecule has 1 aromatic rings. The Hall–Kier alpha value is -0.600. The molecule has 3 heteroatoms. The highest BCUT2D eigenvalue weighted by molar-refractivity contribution is 5.85. The van der Waals surface area contributed by atoms with Gasteiger partial charge >= 0.3 is 0 Å². The maximum absolute atomic E-state index is 12.9. The van der Waals surface area contributed by atoms with Crippen molar-refractivity contribution < 1.29 is 4.39 Å². The first-order valence-corrected chi connectivity index (χ1v) is 7.41. The summed E-state index contributed by atoms with van der Waals surface area (Å²) in [6.07, 6.45) is 4.02. The predicted octanol–water partition coefficient (Wildman–Crippen LogP) is 4.55. The van der Waals surface area contributed by atoms with Crippen LogP contribution in [0.4, 0.5) is 4.39 Å². The van der Waals surface area contributed by atoms with Crippen LogP contribution in [-0.4, -0.2) is 6.04 Å². The van der Waals surface area contributed by atoms with Crippen molar-refractivity contribution in [1.29, 1.82) is 0 Å². The Morgan fingerprint density at radius 1 is 1.20 bits per heavy atom. The number of nitrogens with one attached hydrogen (secondary N) is 1. The van der Waals surface area contributed by atoms with Crippen LogP contribution >= 0.6 is 12.4 Å². The van der Waals surface area contributed by atoms with Gasteiger partial charge in [0.2, 0.25) is 0 Å². The summed E-state index contributed by atoms with van der Waals surface area (Å²) in [7, 11) is 0. The fourth-order valence-corrected chi connectivity index (χ4v) is 4.36. The van der Waals surface area contributed by atoms with Crippen molar-refractivity contribution in [3.8, 4) is 0 Å². The van der Waals surface area contributed by atoms with E-state index >= 15 is 0 Å². The molecule has 2 saturated carbocycles. The van der Waals surface area contributed by atoms with Crippen molar-refractivity contribution in [1.82, 2.24) is 5.32 Å². The first-order chi connectivity index (χ1) is 8.93. The van der Waals surface area contributed by atoms with Gasteiger partial charge in [-0.1, -0.05) is 32.9 Å². The zero-order chi connectivity index (χ0) is 13.7. The lowest BCUT2D eigenvalue weighted by molar-refractivity contribution is 0.120. The van der Waals surface area contributed by atoms with E-state index in [2.05, 4.69) is 26.1 Å². The van der Waals surface area contributed by atoms with E-state index in [1.54, 1.807) is 12.1 Å². The summed E-state index contributed by atoms with van der Waals surface area (Å²) in [4.78, 5) is 0. The van der Waals surface area contributed by atoms with Crippen LogP contribution in [0.1, 0.15) is 45.6 Å². The van der Waals surface area contributed by atoms with Crippen molar-refractivity contribution in [2.45, 2.75) is 52.6 Å². The van der Waals surface area contributed by atoms with Crippen LogP contribution in [0.2, 0.25) is 0 Å². The number of hydrogen-bond acceptors (Lipinski definition) is 1. The molecule has 3 atom stereocenters. The van der Waals surface area contributed by atoms with Crippen LogP contribution in [0.5, 0.6) is 0 Å². The monoisotopic (exact) mass is 297 g/mol. The molecule has 2 aliphatic carbocycles. The zero-order valence-electron chi connectivity index (χ0n) is 12.6. The number of hydrogen-bond donors (Lipinski definition) is 1. The summed E-state index contributed by atoms with van der Waals surface area (Å²) >= 11 is 0. The molecule has 0 aliphatic heterocycles. The molecule has 1 N–H and O–H groups in total. The van der Waals surface area contributed by atoms with Crippen molar-refractivity contribution >= 4 is 12.4 Å². The molecule has 0 spiro atoms. The van der Waals surface area contributed by atoms with E-state index in [4.69, 9.17) is 0 Å².